The number of hydrogen-bond donors (Lipinski definition) is 2. The number of benzene rings is 1. The molecule has 0 atom stereocenters. The highest BCUT2D eigenvalue weighted by molar-refractivity contribution is 6.30. The Morgan fingerprint density at radius 2 is 1.97 bits per heavy atom. The Morgan fingerprint density at radius 1 is 1.23 bits per heavy atom. The maximum absolute atomic E-state index is 13.9. The second-order valence-electron chi connectivity index (χ2n) is 6.93. The largest absolute Gasteiger partial charge is 0.437 e. The van der Waals surface area contributed by atoms with E-state index in [0.29, 0.717) is 12.7 Å². The number of amides is 1. The van der Waals surface area contributed by atoms with Crippen LogP contribution in [0.2, 0.25) is 5.02 Å². The molecule has 1 aliphatic rings. The maximum atomic E-state index is 13.9. The van der Waals surface area contributed by atoms with E-state index in [9.17, 15) is 22.4 Å². The topological polar surface area (TPSA) is 76.1 Å². The molecular weight excluding hydrogens is 428 g/mol. The molecule has 2 N–H and O–H groups in total. The lowest BCUT2D eigenvalue weighted by molar-refractivity contribution is -0.142. The van der Waals surface area contributed by atoms with Crippen molar-refractivity contribution >= 4 is 29.3 Å². The fourth-order valence-corrected chi connectivity index (χ4v) is 3.33. The van der Waals surface area contributed by atoms with Gasteiger partial charge in [0, 0.05) is 11.6 Å². The molecule has 3 rings (SSSR count). The molecule has 1 aromatic carbocycles. The van der Waals surface area contributed by atoms with E-state index in [0.717, 1.165) is 38.2 Å². The Labute approximate surface area is 175 Å². The van der Waals surface area contributed by atoms with Gasteiger partial charge in [-0.05, 0) is 37.0 Å². The summed E-state index contributed by atoms with van der Waals surface area (Å²) in [6, 6.07) is 3.58. The van der Waals surface area contributed by atoms with E-state index in [1.807, 2.05) is 0 Å². The first-order chi connectivity index (χ1) is 14.2. The van der Waals surface area contributed by atoms with Gasteiger partial charge >= 0.3 is 12.3 Å². The summed E-state index contributed by atoms with van der Waals surface area (Å²) >= 11 is 5.65. The summed E-state index contributed by atoms with van der Waals surface area (Å²) in [4.78, 5) is 19.0. The number of nitrogens with zero attached hydrogens (tertiary/aromatic N) is 2. The van der Waals surface area contributed by atoms with Crippen LogP contribution in [0.3, 0.4) is 0 Å². The van der Waals surface area contributed by atoms with Gasteiger partial charge in [0.2, 0.25) is 5.95 Å². The van der Waals surface area contributed by atoms with Crippen LogP contribution in [0.4, 0.5) is 34.0 Å². The molecule has 30 heavy (non-hydrogen) atoms. The van der Waals surface area contributed by atoms with Gasteiger partial charge in [-0.1, -0.05) is 30.9 Å². The molecule has 0 unspecified atom stereocenters. The van der Waals surface area contributed by atoms with E-state index in [1.54, 1.807) is 0 Å². The van der Waals surface area contributed by atoms with E-state index in [-0.39, 0.29) is 16.6 Å². The molecular formula is C19H19ClF4N4O2. The summed E-state index contributed by atoms with van der Waals surface area (Å²) in [5.41, 5.74) is -1.62. The lowest BCUT2D eigenvalue weighted by Gasteiger charge is -2.21. The monoisotopic (exact) mass is 446 g/mol. The fraction of sp³-hybridized carbons (Fsp3) is 0.421. The molecule has 6 nitrogen and oxygen atoms in total. The highest BCUT2D eigenvalue weighted by atomic mass is 35.5. The van der Waals surface area contributed by atoms with E-state index < -0.39 is 35.5 Å². The van der Waals surface area contributed by atoms with Crippen LogP contribution >= 0.6 is 11.6 Å². The number of aromatic nitrogens is 2. The van der Waals surface area contributed by atoms with Crippen molar-refractivity contribution in [3.63, 3.8) is 0 Å². The number of alkyl halides is 3. The van der Waals surface area contributed by atoms with Crippen molar-refractivity contribution < 1.29 is 27.1 Å². The Hall–Kier alpha value is -2.62. The van der Waals surface area contributed by atoms with Crippen molar-refractivity contribution in [2.24, 2.45) is 5.92 Å². The number of nitrogens with one attached hydrogen (secondary N) is 2. The van der Waals surface area contributed by atoms with Crippen LogP contribution in [0.15, 0.2) is 24.4 Å². The number of halogens is 5. The van der Waals surface area contributed by atoms with Crippen molar-refractivity contribution in [2.45, 2.75) is 38.3 Å². The number of anilines is 2. The summed E-state index contributed by atoms with van der Waals surface area (Å²) in [5.74, 6) is -1.86. The Balaban J connectivity index is 1.71. The van der Waals surface area contributed by atoms with Gasteiger partial charge in [-0.2, -0.15) is 13.2 Å². The Kier molecular flexibility index (Phi) is 6.96. The molecule has 0 aliphatic heterocycles. The van der Waals surface area contributed by atoms with Gasteiger partial charge in [-0.15, -0.1) is 0 Å². The van der Waals surface area contributed by atoms with Crippen molar-refractivity contribution in [3.8, 4) is 5.75 Å². The molecule has 11 heteroatoms. The Morgan fingerprint density at radius 3 is 2.63 bits per heavy atom. The van der Waals surface area contributed by atoms with Crippen LogP contribution in [0.5, 0.6) is 5.75 Å². The zero-order valence-electron chi connectivity index (χ0n) is 15.7. The molecule has 2 aromatic rings. The molecule has 1 amide bonds. The zero-order chi connectivity index (χ0) is 21.7. The number of carbonyl (C=O) groups excluding carboxylic acids is 1. The first-order valence-corrected chi connectivity index (χ1v) is 9.72. The summed E-state index contributed by atoms with van der Waals surface area (Å²) in [6.07, 6.45) is -0.0281. The zero-order valence-corrected chi connectivity index (χ0v) is 16.5. The van der Waals surface area contributed by atoms with Gasteiger partial charge < -0.3 is 15.4 Å². The lowest BCUT2D eigenvalue weighted by atomic mass is 9.89. The number of rotatable bonds is 5. The fourth-order valence-electron chi connectivity index (χ4n) is 3.17. The van der Waals surface area contributed by atoms with Gasteiger partial charge in [0.25, 0.3) is 0 Å². The normalized spacial score (nSPS) is 15.0. The Bertz CT molecular complexity index is 905. The average Bonchev–Trinajstić information content (AvgIpc) is 2.69. The number of ether oxygens (including phenoxy) is 1. The van der Waals surface area contributed by atoms with Gasteiger partial charge in [0.15, 0.2) is 11.4 Å². The summed E-state index contributed by atoms with van der Waals surface area (Å²) in [6.45, 7) is 0.330. The average molecular weight is 447 g/mol. The van der Waals surface area contributed by atoms with Crippen molar-refractivity contribution in [2.75, 3.05) is 11.9 Å². The molecule has 1 fully saturated rings. The second kappa shape index (κ2) is 9.46. The highest BCUT2D eigenvalue weighted by Crippen LogP contribution is 2.35. The molecule has 0 radical (unpaired) electrons. The van der Waals surface area contributed by atoms with Crippen LogP contribution in [0, 0.1) is 11.7 Å². The molecule has 162 valence electrons. The molecule has 1 heterocycles. The minimum atomic E-state index is -4.92. The van der Waals surface area contributed by atoms with Crippen LogP contribution in [-0.2, 0) is 6.18 Å². The summed E-state index contributed by atoms with van der Waals surface area (Å²) < 4.78 is 58.9. The van der Waals surface area contributed by atoms with E-state index in [1.165, 1.54) is 12.1 Å². The molecule has 0 spiro atoms. The smallest absolute Gasteiger partial charge is 0.406 e. The van der Waals surface area contributed by atoms with Crippen LogP contribution in [0.1, 0.15) is 37.8 Å². The third kappa shape index (κ3) is 5.94. The summed E-state index contributed by atoms with van der Waals surface area (Å²) in [7, 11) is 0. The lowest BCUT2D eigenvalue weighted by Crippen LogP contribution is -2.33. The van der Waals surface area contributed by atoms with E-state index in [4.69, 9.17) is 16.3 Å². The summed E-state index contributed by atoms with van der Waals surface area (Å²) in [5, 5.41) is 4.96. The molecule has 1 aromatic heterocycles. The molecule has 0 bridgehead atoms. The maximum Gasteiger partial charge on any atom is 0.437 e. The van der Waals surface area contributed by atoms with Gasteiger partial charge in [0.05, 0.1) is 11.9 Å². The minimum absolute atomic E-state index is 0.123. The highest BCUT2D eigenvalue weighted by Gasteiger charge is 2.38. The second-order valence-corrected chi connectivity index (χ2v) is 7.36. The molecule has 1 aliphatic carbocycles. The van der Waals surface area contributed by atoms with Crippen LogP contribution in [-0.4, -0.2) is 22.6 Å². The van der Waals surface area contributed by atoms with Crippen LogP contribution in [0.25, 0.3) is 0 Å². The number of hydrogen-bond acceptors (Lipinski definition) is 5. The third-order valence-corrected chi connectivity index (χ3v) is 4.90. The standard InChI is InChI=1S/C19H19ClF4N4O2/c20-12-6-7-14(13(21)8-12)27-17-25-10-15(16(28-17)19(22,23)24)30-18(29)26-9-11-4-2-1-3-5-11/h6-8,10-11H,1-5,9H2,(H,26,29)(H,25,27,28). The van der Waals surface area contributed by atoms with E-state index >= 15 is 0 Å². The first-order valence-electron chi connectivity index (χ1n) is 9.34. The molecule has 1 saturated carbocycles. The predicted molar refractivity (Wildman–Crippen MR) is 102 cm³/mol. The van der Waals surface area contributed by atoms with Gasteiger partial charge in [-0.3, -0.25) is 0 Å². The van der Waals surface area contributed by atoms with Gasteiger partial charge in [0.1, 0.15) is 5.82 Å². The predicted octanol–water partition coefficient (Wildman–Crippen LogP) is 5.70. The van der Waals surface area contributed by atoms with Crippen molar-refractivity contribution in [1.29, 1.82) is 0 Å². The SMILES string of the molecule is O=C(NCC1CCCCC1)Oc1cnc(Nc2ccc(Cl)cc2F)nc1C(F)(F)F. The number of carbonyl (C=O) groups is 1. The first kappa shape index (κ1) is 22.1. The van der Waals surface area contributed by atoms with E-state index in [2.05, 4.69) is 20.6 Å². The van der Waals surface area contributed by atoms with Crippen LogP contribution < -0.4 is 15.4 Å². The van der Waals surface area contributed by atoms with Gasteiger partial charge in [-0.25, -0.2) is 19.2 Å². The van der Waals surface area contributed by atoms with Crippen molar-refractivity contribution in [3.05, 3.63) is 40.9 Å². The molecule has 0 saturated heterocycles. The quantitative estimate of drug-likeness (QED) is 0.576. The third-order valence-electron chi connectivity index (χ3n) is 4.66. The minimum Gasteiger partial charge on any atom is -0.406 e. The van der Waals surface area contributed by atoms with Crippen molar-refractivity contribution in [1.82, 2.24) is 15.3 Å².